The molecule has 5 nitrogen and oxygen atoms in total. The highest BCUT2D eigenvalue weighted by Crippen LogP contribution is 2.24. The number of hydrogen-bond donors (Lipinski definition) is 0. The van der Waals surface area contributed by atoms with Gasteiger partial charge in [-0.05, 0) is 31.2 Å². The molecule has 0 atom stereocenters. The van der Waals surface area contributed by atoms with Crippen molar-refractivity contribution in [3.8, 4) is 5.75 Å². The third-order valence-electron chi connectivity index (χ3n) is 3.39. The van der Waals surface area contributed by atoms with Crippen LogP contribution in [0.2, 0.25) is 0 Å². The first-order valence-electron chi connectivity index (χ1n) is 7.75. The molecule has 1 amide bonds. The SMILES string of the molecule is CCOCCOc1ccc(Br)cc1/C=C/C(=O)N1CCOCC1. The van der Waals surface area contributed by atoms with E-state index in [1.54, 1.807) is 17.1 Å². The fourth-order valence-electron chi connectivity index (χ4n) is 2.19. The van der Waals surface area contributed by atoms with E-state index in [1.807, 2.05) is 25.1 Å². The molecule has 0 radical (unpaired) electrons. The Morgan fingerprint density at radius 3 is 2.87 bits per heavy atom. The van der Waals surface area contributed by atoms with Gasteiger partial charge < -0.3 is 19.1 Å². The van der Waals surface area contributed by atoms with Crippen LogP contribution in [0.5, 0.6) is 5.75 Å². The van der Waals surface area contributed by atoms with Gasteiger partial charge in [-0.3, -0.25) is 4.79 Å². The Kier molecular flexibility index (Phi) is 7.58. The zero-order valence-electron chi connectivity index (χ0n) is 13.3. The van der Waals surface area contributed by atoms with Gasteiger partial charge in [0.05, 0.1) is 19.8 Å². The summed E-state index contributed by atoms with van der Waals surface area (Å²) in [6, 6.07) is 5.73. The summed E-state index contributed by atoms with van der Waals surface area (Å²) in [6.45, 7) is 6.12. The lowest BCUT2D eigenvalue weighted by molar-refractivity contribution is -0.129. The van der Waals surface area contributed by atoms with Crippen molar-refractivity contribution in [2.45, 2.75) is 6.92 Å². The van der Waals surface area contributed by atoms with Crippen LogP contribution < -0.4 is 4.74 Å². The summed E-state index contributed by atoms with van der Waals surface area (Å²) in [7, 11) is 0. The maximum Gasteiger partial charge on any atom is 0.246 e. The predicted octanol–water partition coefficient (Wildman–Crippen LogP) is 2.74. The lowest BCUT2D eigenvalue weighted by Crippen LogP contribution is -2.39. The highest BCUT2D eigenvalue weighted by Gasteiger charge is 2.14. The fourth-order valence-corrected chi connectivity index (χ4v) is 2.56. The van der Waals surface area contributed by atoms with Gasteiger partial charge >= 0.3 is 0 Å². The van der Waals surface area contributed by atoms with Crippen LogP contribution in [0.3, 0.4) is 0 Å². The third-order valence-corrected chi connectivity index (χ3v) is 3.88. The second-order valence-electron chi connectivity index (χ2n) is 5.00. The molecule has 1 aromatic carbocycles. The fraction of sp³-hybridized carbons (Fsp3) is 0.471. The normalized spacial score (nSPS) is 15.1. The van der Waals surface area contributed by atoms with Gasteiger partial charge in [-0.2, -0.15) is 0 Å². The summed E-state index contributed by atoms with van der Waals surface area (Å²) in [6.07, 6.45) is 3.38. The van der Waals surface area contributed by atoms with Crippen LogP contribution in [0.4, 0.5) is 0 Å². The number of amides is 1. The summed E-state index contributed by atoms with van der Waals surface area (Å²) >= 11 is 3.45. The Bertz CT molecular complexity index is 541. The number of nitrogens with zero attached hydrogens (tertiary/aromatic N) is 1. The number of ether oxygens (including phenoxy) is 3. The largest absolute Gasteiger partial charge is 0.491 e. The van der Waals surface area contributed by atoms with Crippen molar-refractivity contribution in [1.29, 1.82) is 0 Å². The number of benzene rings is 1. The Balaban J connectivity index is 2.00. The van der Waals surface area contributed by atoms with Crippen LogP contribution in [0.1, 0.15) is 12.5 Å². The number of carbonyl (C=O) groups is 1. The average molecular weight is 384 g/mol. The molecule has 1 aliphatic heterocycles. The van der Waals surface area contributed by atoms with Crippen molar-refractivity contribution in [3.05, 3.63) is 34.3 Å². The standard InChI is InChI=1S/C17H22BrNO4/c1-2-21-11-12-23-16-5-4-15(18)13-14(16)3-6-17(20)19-7-9-22-10-8-19/h3-6,13H,2,7-12H2,1H3/b6-3+. The molecule has 2 rings (SSSR count). The number of morpholine rings is 1. The summed E-state index contributed by atoms with van der Waals surface area (Å²) < 4.78 is 17.2. The molecule has 126 valence electrons. The van der Waals surface area contributed by atoms with Crippen LogP contribution in [0, 0.1) is 0 Å². The van der Waals surface area contributed by atoms with Crippen LogP contribution in [-0.2, 0) is 14.3 Å². The van der Waals surface area contributed by atoms with Crippen LogP contribution in [0.15, 0.2) is 28.7 Å². The zero-order chi connectivity index (χ0) is 16.5. The summed E-state index contributed by atoms with van der Waals surface area (Å²) in [5, 5.41) is 0. The molecule has 0 aliphatic carbocycles. The van der Waals surface area contributed by atoms with E-state index in [0.717, 1.165) is 15.8 Å². The Morgan fingerprint density at radius 2 is 2.13 bits per heavy atom. The Morgan fingerprint density at radius 1 is 1.35 bits per heavy atom. The zero-order valence-corrected chi connectivity index (χ0v) is 14.9. The number of carbonyl (C=O) groups excluding carboxylic acids is 1. The van der Waals surface area contributed by atoms with Gasteiger partial charge in [0.2, 0.25) is 5.91 Å². The molecule has 1 saturated heterocycles. The molecular formula is C17H22BrNO4. The minimum Gasteiger partial charge on any atom is -0.491 e. The first kappa shape index (κ1) is 18.0. The van der Waals surface area contributed by atoms with Gasteiger partial charge in [0.1, 0.15) is 12.4 Å². The van der Waals surface area contributed by atoms with Crippen molar-refractivity contribution in [2.24, 2.45) is 0 Å². The Labute approximate surface area is 145 Å². The van der Waals surface area contributed by atoms with Gasteiger partial charge in [-0.15, -0.1) is 0 Å². The summed E-state index contributed by atoms with van der Waals surface area (Å²) in [5.74, 6) is 0.729. The van der Waals surface area contributed by atoms with E-state index in [1.165, 1.54) is 0 Å². The monoisotopic (exact) mass is 383 g/mol. The van der Waals surface area contributed by atoms with Gasteiger partial charge in [0.25, 0.3) is 0 Å². The molecule has 23 heavy (non-hydrogen) atoms. The molecule has 1 aromatic rings. The molecular weight excluding hydrogens is 362 g/mol. The molecule has 1 heterocycles. The van der Waals surface area contributed by atoms with E-state index in [0.29, 0.717) is 46.1 Å². The van der Waals surface area contributed by atoms with Gasteiger partial charge in [-0.1, -0.05) is 15.9 Å². The molecule has 0 saturated carbocycles. The number of halogens is 1. The molecule has 0 spiro atoms. The first-order chi connectivity index (χ1) is 11.2. The first-order valence-corrected chi connectivity index (χ1v) is 8.55. The average Bonchev–Trinajstić information content (AvgIpc) is 2.58. The molecule has 1 fully saturated rings. The molecule has 6 heteroatoms. The van der Waals surface area contributed by atoms with Crippen molar-refractivity contribution >= 4 is 27.9 Å². The van der Waals surface area contributed by atoms with Crippen molar-refractivity contribution in [1.82, 2.24) is 4.90 Å². The van der Waals surface area contributed by atoms with E-state index in [-0.39, 0.29) is 5.91 Å². The lowest BCUT2D eigenvalue weighted by Gasteiger charge is -2.25. The summed E-state index contributed by atoms with van der Waals surface area (Å²) in [5.41, 5.74) is 0.859. The van der Waals surface area contributed by atoms with E-state index in [4.69, 9.17) is 14.2 Å². The molecule has 0 N–H and O–H groups in total. The second-order valence-corrected chi connectivity index (χ2v) is 5.91. The van der Waals surface area contributed by atoms with Gasteiger partial charge in [-0.25, -0.2) is 0 Å². The maximum absolute atomic E-state index is 12.2. The topological polar surface area (TPSA) is 48.0 Å². The smallest absolute Gasteiger partial charge is 0.246 e. The van der Waals surface area contributed by atoms with E-state index in [2.05, 4.69) is 15.9 Å². The number of hydrogen-bond acceptors (Lipinski definition) is 4. The van der Waals surface area contributed by atoms with E-state index < -0.39 is 0 Å². The lowest BCUT2D eigenvalue weighted by atomic mass is 10.2. The minimum absolute atomic E-state index is 0.00598. The van der Waals surface area contributed by atoms with Gasteiger partial charge in [0.15, 0.2) is 0 Å². The van der Waals surface area contributed by atoms with Crippen molar-refractivity contribution in [2.75, 3.05) is 46.1 Å². The summed E-state index contributed by atoms with van der Waals surface area (Å²) in [4.78, 5) is 14.0. The Hall–Kier alpha value is -1.37. The van der Waals surface area contributed by atoms with Crippen LogP contribution in [-0.4, -0.2) is 56.9 Å². The predicted molar refractivity (Wildman–Crippen MR) is 92.6 cm³/mol. The minimum atomic E-state index is -0.00598. The van der Waals surface area contributed by atoms with Crippen molar-refractivity contribution in [3.63, 3.8) is 0 Å². The van der Waals surface area contributed by atoms with Crippen LogP contribution in [0.25, 0.3) is 6.08 Å². The van der Waals surface area contributed by atoms with E-state index in [9.17, 15) is 4.79 Å². The highest BCUT2D eigenvalue weighted by atomic mass is 79.9. The van der Waals surface area contributed by atoms with Crippen LogP contribution >= 0.6 is 15.9 Å². The van der Waals surface area contributed by atoms with Gasteiger partial charge in [0, 0.05) is 35.8 Å². The maximum atomic E-state index is 12.2. The second kappa shape index (κ2) is 9.70. The molecule has 1 aliphatic rings. The van der Waals surface area contributed by atoms with E-state index >= 15 is 0 Å². The third kappa shape index (κ3) is 5.97. The quantitative estimate of drug-likeness (QED) is 0.536. The number of rotatable bonds is 7. The molecule has 0 aromatic heterocycles. The van der Waals surface area contributed by atoms with Crippen molar-refractivity contribution < 1.29 is 19.0 Å². The molecule has 0 unspecified atom stereocenters. The molecule has 0 bridgehead atoms. The highest BCUT2D eigenvalue weighted by molar-refractivity contribution is 9.10.